The van der Waals surface area contributed by atoms with Gasteiger partial charge in [0.1, 0.15) is 18.0 Å². The van der Waals surface area contributed by atoms with Crippen molar-refractivity contribution in [2.45, 2.75) is 50.5 Å². The van der Waals surface area contributed by atoms with Crippen LogP contribution >= 0.6 is 11.6 Å². The van der Waals surface area contributed by atoms with Gasteiger partial charge >= 0.3 is 12.2 Å². The largest absolute Gasteiger partial charge is 0.462 e. The molecule has 0 spiro atoms. The smallest absolute Gasteiger partial charge is 0.419 e. The first-order chi connectivity index (χ1) is 20.1. The summed E-state index contributed by atoms with van der Waals surface area (Å²) in [6.07, 6.45) is 1.31. The van der Waals surface area contributed by atoms with E-state index in [0.29, 0.717) is 44.2 Å². The molecule has 5 rings (SSSR count). The lowest BCUT2D eigenvalue weighted by molar-refractivity contribution is -0.137. The van der Waals surface area contributed by atoms with Gasteiger partial charge in [-0.3, -0.25) is 9.78 Å². The summed E-state index contributed by atoms with van der Waals surface area (Å²) in [6.45, 7) is 6.46. The molecule has 42 heavy (non-hydrogen) atoms. The number of alkyl halides is 3. The highest BCUT2D eigenvalue weighted by atomic mass is 35.5. The van der Waals surface area contributed by atoms with Crippen LogP contribution in [0, 0.1) is 11.3 Å². The second-order valence-corrected chi connectivity index (χ2v) is 11.1. The van der Waals surface area contributed by atoms with Gasteiger partial charge in [0.25, 0.3) is 0 Å². The Bertz CT molecular complexity index is 1380. The number of hydrogen-bond acceptors (Lipinski definition) is 9. The number of halogens is 4. The number of carbonyl (C=O) groups is 1. The average molecular weight is 605 g/mol. The Balaban J connectivity index is 1.49. The molecule has 0 saturated carbocycles. The van der Waals surface area contributed by atoms with E-state index in [0.717, 1.165) is 31.1 Å². The monoisotopic (exact) mass is 604 g/mol. The number of likely N-dealkylation sites (tertiary alicyclic amines) is 1. The van der Waals surface area contributed by atoms with E-state index in [9.17, 15) is 23.2 Å². The molecule has 0 N–H and O–H groups in total. The van der Waals surface area contributed by atoms with Crippen molar-refractivity contribution in [2.75, 3.05) is 56.2 Å². The van der Waals surface area contributed by atoms with Crippen molar-refractivity contribution in [3.8, 4) is 12.1 Å². The third kappa shape index (κ3) is 6.10. The van der Waals surface area contributed by atoms with Crippen LogP contribution in [-0.2, 0) is 23.9 Å². The lowest BCUT2D eigenvalue weighted by Gasteiger charge is -2.42. The molecule has 1 amide bonds. The van der Waals surface area contributed by atoms with Gasteiger partial charge in [0.05, 0.1) is 47.7 Å². The van der Waals surface area contributed by atoms with Gasteiger partial charge in [0.15, 0.2) is 0 Å². The standard InChI is InChI=1S/C28H32ClF3N8O2/c1-3-24(41)40-12-11-39(15-18(40)6-8-33)26-20-7-10-38(23-14-34-13-21(29)25(23)28(30,31)32)16-22(20)35-27(36-26)42-17-19-5-4-9-37(19)2/h3,13-14,18-19H,1,4-7,9-12,15-17H2,2H3/t18-,19-/m0/s1. The number of amides is 1. The fourth-order valence-corrected chi connectivity index (χ4v) is 6.22. The quantitative estimate of drug-likeness (QED) is 0.438. The molecule has 3 aliphatic rings. The molecular weight excluding hydrogens is 573 g/mol. The zero-order chi connectivity index (χ0) is 30.0. The molecule has 0 radical (unpaired) electrons. The molecule has 2 aromatic rings. The summed E-state index contributed by atoms with van der Waals surface area (Å²) in [6, 6.07) is 2.15. The van der Waals surface area contributed by atoms with E-state index in [1.54, 1.807) is 9.80 Å². The van der Waals surface area contributed by atoms with Gasteiger partial charge in [0.2, 0.25) is 5.91 Å². The van der Waals surface area contributed by atoms with Crippen molar-refractivity contribution in [3.05, 3.63) is 46.9 Å². The van der Waals surface area contributed by atoms with Crippen LogP contribution in [0.3, 0.4) is 0 Å². The lowest BCUT2D eigenvalue weighted by atomic mass is 10.0. The molecular formula is C28H32ClF3N8O2. The van der Waals surface area contributed by atoms with Crippen molar-refractivity contribution in [1.82, 2.24) is 24.8 Å². The molecule has 5 heterocycles. The Morgan fingerprint density at radius 2 is 2.02 bits per heavy atom. The van der Waals surface area contributed by atoms with Crippen molar-refractivity contribution in [2.24, 2.45) is 0 Å². The SMILES string of the molecule is C=CC(=O)N1CCN(c2nc(OC[C@@H]3CCCN3C)nc3c2CCN(c2cncc(Cl)c2C(F)(F)F)C3)C[C@@H]1CC#N. The highest BCUT2D eigenvalue weighted by Crippen LogP contribution is 2.42. The number of carbonyl (C=O) groups excluding carboxylic acids is 1. The number of hydrogen-bond donors (Lipinski definition) is 0. The first-order valence-electron chi connectivity index (χ1n) is 13.8. The number of ether oxygens (including phenoxy) is 1. The molecule has 10 nitrogen and oxygen atoms in total. The summed E-state index contributed by atoms with van der Waals surface area (Å²) < 4.78 is 48.0. The summed E-state index contributed by atoms with van der Waals surface area (Å²) >= 11 is 5.96. The minimum absolute atomic E-state index is 0.0756. The average Bonchev–Trinajstić information content (AvgIpc) is 3.38. The summed E-state index contributed by atoms with van der Waals surface area (Å²) in [5.41, 5.74) is 0.316. The Morgan fingerprint density at radius 3 is 2.71 bits per heavy atom. The molecule has 3 aliphatic heterocycles. The second kappa shape index (κ2) is 12.3. The minimum atomic E-state index is -4.66. The van der Waals surface area contributed by atoms with Crippen LogP contribution in [0.5, 0.6) is 6.01 Å². The highest BCUT2D eigenvalue weighted by Gasteiger charge is 2.39. The van der Waals surface area contributed by atoms with Gasteiger partial charge in [0, 0.05) is 44.0 Å². The Kier molecular flexibility index (Phi) is 8.75. The van der Waals surface area contributed by atoms with Crippen LogP contribution in [0.2, 0.25) is 5.02 Å². The maximum Gasteiger partial charge on any atom is 0.419 e. The molecule has 0 bridgehead atoms. The Labute approximate surface area is 247 Å². The Morgan fingerprint density at radius 1 is 1.21 bits per heavy atom. The lowest BCUT2D eigenvalue weighted by Crippen LogP contribution is -2.55. The van der Waals surface area contributed by atoms with E-state index >= 15 is 0 Å². The molecule has 0 aliphatic carbocycles. The second-order valence-electron chi connectivity index (χ2n) is 10.7. The molecule has 224 valence electrons. The van der Waals surface area contributed by atoms with Crippen LogP contribution in [-0.4, -0.2) is 89.1 Å². The molecule has 2 aromatic heterocycles. The number of rotatable bonds is 7. The fraction of sp³-hybridized carbons (Fsp3) is 0.536. The number of fused-ring (bicyclic) bond motifs is 1. The van der Waals surface area contributed by atoms with Gasteiger partial charge < -0.3 is 24.3 Å². The van der Waals surface area contributed by atoms with Crippen LogP contribution in [0.4, 0.5) is 24.7 Å². The molecule has 2 atom stereocenters. The summed E-state index contributed by atoms with van der Waals surface area (Å²) in [4.78, 5) is 33.3. The molecule has 0 aromatic carbocycles. The topological polar surface area (TPSA) is 102 Å². The minimum Gasteiger partial charge on any atom is -0.462 e. The first kappa shape index (κ1) is 29.8. The normalized spacial score (nSPS) is 21.2. The number of nitrogens with zero attached hydrogens (tertiary/aromatic N) is 8. The van der Waals surface area contributed by atoms with Gasteiger partial charge in [-0.1, -0.05) is 18.2 Å². The van der Waals surface area contributed by atoms with Crippen molar-refractivity contribution >= 4 is 29.0 Å². The number of pyridine rings is 1. The van der Waals surface area contributed by atoms with Crippen molar-refractivity contribution < 1.29 is 22.7 Å². The van der Waals surface area contributed by atoms with Crippen LogP contribution < -0.4 is 14.5 Å². The first-order valence-corrected chi connectivity index (χ1v) is 14.2. The summed E-state index contributed by atoms with van der Waals surface area (Å²) in [5.74, 6) is 0.374. The number of aromatic nitrogens is 3. The molecule has 14 heteroatoms. The van der Waals surface area contributed by atoms with E-state index in [-0.39, 0.29) is 49.2 Å². The third-order valence-electron chi connectivity index (χ3n) is 8.17. The summed E-state index contributed by atoms with van der Waals surface area (Å²) in [5, 5.41) is 8.97. The van der Waals surface area contributed by atoms with Crippen molar-refractivity contribution in [1.29, 1.82) is 5.26 Å². The summed E-state index contributed by atoms with van der Waals surface area (Å²) in [7, 11) is 2.04. The number of piperazine rings is 1. The van der Waals surface area contributed by atoms with Crippen LogP contribution in [0.15, 0.2) is 25.0 Å². The van der Waals surface area contributed by atoms with Gasteiger partial charge in [-0.2, -0.15) is 28.4 Å². The van der Waals surface area contributed by atoms with E-state index in [2.05, 4.69) is 27.5 Å². The Hall–Kier alpha value is -3.63. The van der Waals surface area contributed by atoms with E-state index in [1.165, 1.54) is 12.3 Å². The molecule has 2 saturated heterocycles. The number of likely N-dealkylation sites (N-methyl/N-ethyl adjacent to an activating group) is 1. The molecule has 2 fully saturated rings. The number of nitriles is 1. The fourth-order valence-electron chi connectivity index (χ4n) is 5.96. The van der Waals surface area contributed by atoms with Crippen LogP contribution in [0.25, 0.3) is 0 Å². The predicted octanol–water partition coefficient (Wildman–Crippen LogP) is 3.70. The molecule has 0 unspecified atom stereocenters. The predicted molar refractivity (Wildman–Crippen MR) is 150 cm³/mol. The number of anilines is 2. The van der Waals surface area contributed by atoms with Gasteiger partial charge in [-0.15, -0.1) is 0 Å². The maximum absolute atomic E-state index is 14.0. The van der Waals surface area contributed by atoms with Crippen LogP contribution in [0.1, 0.15) is 36.1 Å². The highest BCUT2D eigenvalue weighted by molar-refractivity contribution is 6.31. The van der Waals surface area contributed by atoms with E-state index in [1.807, 2.05) is 11.9 Å². The van der Waals surface area contributed by atoms with E-state index < -0.39 is 16.8 Å². The van der Waals surface area contributed by atoms with Crippen molar-refractivity contribution in [3.63, 3.8) is 0 Å². The van der Waals surface area contributed by atoms with E-state index in [4.69, 9.17) is 21.3 Å². The van der Waals surface area contributed by atoms with Gasteiger partial charge in [-0.25, -0.2) is 0 Å². The van der Waals surface area contributed by atoms with Gasteiger partial charge in [-0.05, 0) is 38.9 Å². The zero-order valence-corrected chi connectivity index (χ0v) is 24.0. The maximum atomic E-state index is 14.0. The zero-order valence-electron chi connectivity index (χ0n) is 23.3. The third-order valence-corrected chi connectivity index (χ3v) is 8.46.